The Balaban J connectivity index is 1.91. The number of aromatic nitrogens is 2. The van der Waals surface area contributed by atoms with Crippen LogP contribution in [0.25, 0.3) is 11.3 Å². The molecule has 1 aromatic heterocycles. The molecule has 2 atom stereocenters. The number of halogens is 3. The Bertz CT molecular complexity index is 911. The SMILES string of the molecule is Cn1nc2c(c1-c1ccccc1)CCC1CC(=O)C(C(F)(F)F)=CC21C. The molecule has 0 radical (unpaired) electrons. The minimum absolute atomic E-state index is 0.0709. The molecule has 6 heteroatoms. The third-order valence-electron chi connectivity index (χ3n) is 5.78. The second-order valence-electron chi connectivity index (χ2n) is 7.37. The lowest BCUT2D eigenvalue weighted by atomic mass is 9.61. The first kappa shape index (κ1) is 17.1. The first-order valence-electron chi connectivity index (χ1n) is 8.67. The molecule has 1 aromatic carbocycles. The van der Waals surface area contributed by atoms with E-state index in [9.17, 15) is 18.0 Å². The van der Waals surface area contributed by atoms with E-state index in [-0.39, 0.29) is 12.3 Å². The third-order valence-corrected chi connectivity index (χ3v) is 5.78. The lowest BCUT2D eigenvalue weighted by Gasteiger charge is -2.41. The number of benzene rings is 1. The van der Waals surface area contributed by atoms with Crippen molar-refractivity contribution in [3.05, 3.63) is 53.2 Å². The maximum Gasteiger partial charge on any atom is 0.419 e. The monoisotopic (exact) mass is 360 g/mol. The maximum absolute atomic E-state index is 13.3. The molecule has 2 unspecified atom stereocenters. The van der Waals surface area contributed by atoms with Gasteiger partial charge in [-0.15, -0.1) is 0 Å². The lowest BCUT2D eigenvalue weighted by Crippen LogP contribution is -2.42. The van der Waals surface area contributed by atoms with Crippen molar-refractivity contribution >= 4 is 5.78 Å². The average Bonchev–Trinajstić information content (AvgIpc) is 2.92. The molecule has 0 spiro atoms. The summed E-state index contributed by atoms with van der Waals surface area (Å²) in [6, 6.07) is 9.75. The Hall–Kier alpha value is -2.37. The number of hydrogen-bond donors (Lipinski definition) is 0. The summed E-state index contributed by atoms with van der Waals surface area (Å²) in [7, 11) is 1.82. The van der Waals surface area contributed by atoms with Crippen LogP contribution < -0.4 is 0 Å². The summed E-state index contributed by atoms with van der Waals surface area (Å²) < 4.78 is 41.7. The summed E-state index contributed by atoms with van der Waals surface area (Å²) in [4.78, 5) is 12.0. The number of nitrogens with zero attached hydrogens (tertiary/aromatic N) is 2. The number of allylic oxidation sites excluding steroid dienone is 2. The van der Waals surface area contributed by atoms with Gasteiger partial charge in [0.1, 0.15) is 0 Å². The number of alkyl halides is 3. The Labute approximate surface area is 149 Å². The highest BCUT2D eigenvalue weighted by atomic mass is 19.4. The van der Waals surface area contributed by atoms with Crippen LogP contribution in [0, 0.1) is 5.92 Å². The maximum atomic E-state index is 13.3. The van der Waals surface area contributed by atoms with Crippen LogP contribution in [0.2, 0.25) is 0 Å². The average molecular weight is 360 g/mol. The van der Waals surface area contributed by atoms with Gasteiger partial charge in [0.25, 0.3) is 0 Å². The van der Waals surface area contributed by atoms with Crippen molar-refractivity contribution < 1.29 is 18.0 Å². The molecule has 4 rings (SSSR count). The van der Waals surface area contributed by atoms with Gasteiger partial charge in [-0.1, -0.05) is 43.3 Å². The molecule has 136 valence electrons. The molecule has 0 saturated heterocycles. The summed E-state index contributed by atoms with van der Waals surface area (Å²) >= 11 is 0. The van der Waals surface area contributed by atoms with E-state index in [4.69, 9.17) is 0 Å². The van der Waals surface area contributed by atoms with Gasteiger partial charge in [0.2, 0.25) is 0 Å². The molecule has 0 N–H and O–H groups in total. The lowest BCUT2D eigenvalue weighted by molar-refractivity contribution is -0.132. The minimum Gasteiger partial charge on any atom is -0.294 e. The first-order valence-corrected chi connectivity index (χ1v) is 8.67. The van der Waals surface area contributed by atoms with E-state index in [2.05, 4.69) is 5.10 Å². The van der Waals surface area contributed by atoms with Gasteiger partial charge in [0.15, 0.2) is 5.78 Å². The zero-order chi connectivity index (χ0) is 18.7. The Morgan fingerprint density at radius 3 is 2.58 bits per heavy atom. The van der Waals surface area contributed by atoms with Crippen molar-refractivity contribution in [1.29, 1.82) is 0 Å². The van der Waals surface area contributed by atoms with Crippen molar-refractivity contribution in [2.45, 2.75) is 37.8 Å². The van der Waals surface area contributed by atoms with Gasteiger partial charge in [-0.05, 0) is 18.8 Å². The van der Waals surface area contributed by atoms with Crippen LogP contribution in [-0.4, -0.2) is 21.7 Å². The molecule has 2 aliphatic carbocycles. The molecular formula is C20H19F3N2O. The summed E-state index contributed by atoms with van der Waals surface area (Å²) in [5.41, 5.74) is 1.69. The van der Waals surface area contributed by atoms with Crippen LogP contribution in [0.4, 0.5) is 13.2 Å². The molecule has 3 nitrogen and oxygen atoms in total. The standard InChI is InChI=1S/C20H19F3N2O/c1-19-11-15(20(21,22)23)16(26)10-13(19)8-9-14-17(25(2)24-18(14)19)12-6-4-3-5-7-12/h3-7,11,13H,8-10H2,1-2H3. The fourth-order valence-electron chi connectivity index (χ4n) is 4.46. The van der Waals surface area contributed by atoms with Gasteiger partial charge >= 0.3 is 6.18 Å². The summed E-state index contributed by atoms with van der Waals surface area (Å²) in [5.74, 6) is -0.949. The zero-order valence-electron chi connectivity index (χ0n) is 14.6. The van der Waals surface area contributed by atoms with E-state index in [1.807, 2.05) is 37.4 Å². The third kappa shape index (κ3) is 2.42. The highest BCUT2D eigenvalue weighted by molar-refractivity contribution is 5.98. The van der Waals surface area contributed by atoms with Gasteiger partial charge in [-0.3, -0.25) is 9.48 Å². The van der Waals surface area contributed by atoms with Crippen LogP contribution in [0.1, 0.15) is 31.0 Å². The molecule has 2 aromatic rings. The Kier molecular flexibility index (Phi) is 3.65. The Morgan fingerprint density at radius 2 is 1.92 bits per heavy atom. The normalized spacial score (nSPS) is 25.5. The van der Waals surface area contributed by atoms with Gasteiger partial charge in [0.05, 0.1) is 17.0 Å². The fourth-order valence-corrected chi connectivity index (χ4v) is 4.46. The molecule has 0 bridgehead atoms. The predicted molar refractivity (Wildman–Crippen MR) is 91.6 cm³/mol. The number of rotatable bonds is 1. The topological polar surface area (TPSA) is 34.9 Å². The molecule has 2 aliphatic rings. The van der Waals surface area contributed by atoms with Crippen molar-refractivity contribution in [2.24, 2.45) is 13.0 Å². The van der Waals surface area contributed by atoms with Crippen LogP contribution in [0.15, 0.2) is 42.0 Å². The van der Waals surface area contributed by atoms with Crippen molar-refractivity contribution in [3.63, 3.8) is 0 Å². The second kappa shape index (κ2) is 5.56. The van der Waals surface area contributed by atoms with Crippen LogP contribution in [-0.2, 0) is 23.7 Å². The number of Topliss-reactive ketones (excluding diaryl/α,β-unsaturated/α-hetero) is 1. The van der Waals surface area contributed by atoms with E-state index in [0.29, 0.717) is 12.1 Å². The smallest absolute Gasteiger partial charge is 0.294 e. The quantitative estimate of drug-likeness (QED) is 0.757. The van der Waals surface area contributed by atoms with E-state index < -0.39 is 22.9 Å². The van der Waals surface area contributed by atoms with E-state index in [1.54, 1.807) is 11.6 Å². The molecule has 0 aliphatic heterocycles. The van der Waals surface area contributed by atoms with Crippen molar-refractivity contribution in [1.82, 2.24) is 9.78 Å². The predicted octanol–water partition coefficient (Wildman–Crippen LogP) is 4.37. The first-order chi connectivity index (χ1) is 12.2. The molecule has 0 saturated carbocycles. The number of carbonyl (C=O) groups is 1. The number of aryl methyl sites for hydroxylation is 1. The van der Waals surface area contributed by atoms with Gasteiger partial charge in [-0.25, -0.2) is 0 Å². The highest BCUT2D eigenvalue weighted by Crippen LogP contribution is 2.50. The fraction of sp³-hybridized carbons (Fsp3) is 0.400. The van der Waals surface area contributed by atoms with Crippen molar-refractivity contribution in [2.75, 3.05) is 0 Å². The van der Waals surface area contributed by atoms with Crippen LogP contribution >= 0.6 is 0 Å². The summed E-state index contributed by atoms with van der Waals surface area (Å²) in [5, 5.41) is 4.62. The molecule has 1 heterocycles. The van der Waals surface area contributed by atoms with Gasteiger partial charge < -0.3 is 0 Å². The molecule has 26 heavy (non-hydrogen) atoms. The Morgan fingerprint density at radius 1 is 1.23 bits per heavy atom. The van der Waals surface area contributed by atoms with Gasteiger partial charge in [0, 0.05) is 30.0 Å². The van der Waals surface area contributed by atoms with Crippen LogP contribution in [0.5, 0.6) is 0 Å². The van der Waals surface area contributed by atoms with E-state index in [0.717, 1.165) is 29.3 Å². The minimum atomic E-state index is -4.63. The van der Waals surface area contributed by atoms with E-state index >= 15 is 0 Å². The van der Waals surface area contributed by atoms with Gasteiger partial charge in [-0.2, -0.15) is 18.3 Å². The van der Waals surface area contributed by atoms with Crippen molar-refractivity contribution in [3.8, 4) is 11.3 Å². The number of ketones is 1. The highest BCUT2D eigenvalue weighted by Gasteiger charge is 2.51. The number of carbonyl (C=O) groups excluding carboxylic acids is 1. The number of fused-ring (bicyclic) bond motifs is 3. The molecule has 0 amide bonds. The number of hydrogen-bond acceptors (Lipinski definition) is 2. The summed E-state index contributed by atoms with van der Waals surface area (Å²) in [6.45, 7) is 1.79. The summed E-state index contributed by atoms with van der Waals surface area (Å²) in [6.07, 6.45) is -2.17. The second-order valence-corrected chi connectivity index (χ2v) is 7.37. The molecular weight excluding hydrogens is 341 g/mol. The van der Waals surface area contributed by atoms with Crippen LogP contribution in [0.3, 0.4) is 0 Å². The zero-order valence-corrected chi connectivity index (χ0v) is 14.6. The largest absolute Gasteiger partial charge is 0.419 e. The van der Waals surface area contributed by atoms with E-state index in [1.165, 1.54) is 0 Å². The molecule has 0 fully saturated rings.